The summed E-state index contributed by atoms with van der Waals surface area (Å²) >= 11 is 0.348. The zero-order valence-electron chi connectivity index (χ0n) is 7.70. The van der Waals surface area contributed by atoms with Crippen molar-refractivity contribution in [1.29, 1.82) is 0 Å². The van der Waals surface area contributed by atoms with Gasteiger partial charge in [0.1, 0.15) is 0 Å². The molecule has 1 rings (SSSR count). The molecule has 0 spiro atoms. The molecule has 3 N–H and O–H groups in total. The molecule has 1 aliphatic heterocycles. The first-order valence-electron chi connectivity index (χ1n) is 4.13. The van der Waals surface area contributed by atoms with Crippen molar-refractivity contribution in [2.75, 3.05) is 7.18 Å². The van der Waals surface area contributed by atoms with Gasteiger partial charge >= 0.3 is 100 Å². The molecule has 1 aliphatic rings. The molecule has 0 aromatic heterocycles. The number of hydrogen-bond acceptors (Lipinski definition) is 4. The van der Waals surface area contributed by atoms with Crippen molar-refractivity contribution in [3.05, 3.63) is 0 Å². The van der Waals surface area contributed by atoms with Gasteiger partial charge in [-0.25, -0.2) is 0 Å². The van der Waals surface area contributed by atoms with Crippen molar-refractivity contribution in [3.63, 3.8) is 0 Å². The second kappa shape index (κ2) is 6.82. The maximum Gasteiger partial charge on any atom is 0.631 e. The summed E-state index contributed by atoms with van der Waals surface area (Å²) in [5.74, 6) is 0. The number of halogens is 3. The standard InChI is InChI=1S/C5H7F3N.BH3O3.K/c1-9-3-2-4(6)5(9,7)8;2-1(3)4;/h4H,1-3H2;2-4H;. The predicted octanol–water partition coefficient (Wildman–Crippen LogP) is -1.30. The monoisotopic (exact) mass is 239 g/mol. The molecule has 0 bridgehead atoms. The van der Waals surface area contributed by atoms with Crippen molar-refractivity contribution in [2.24, 2.45) is 0 Å². The van der Waals surface area contributed by atoms with Crippen molar-refractivity contribution in [1.82, 2.24) is 4.90 Å². The molecule has 0 aliphatic carbocycles. The Morgan fingerprint density at radius 1 is 1.43 bits per heavy atom. The van der Waals surface area contributed by atoms with E-state index in [1.54, 1.807) is 0 Å². The topological polar surface area (TPSA) is 63.9 Å². The normalized spacial score (nSPS) is 25.6. The van der Waals surface area contributed by atoms with Crippen LogP contribution in [0.2, 0.25) is 0 Å². The molecule has 1 heterocycles. The molecule has 1 fully saturated rings. The molecular formula is C5H10BF3KNO3. The average molecular weight is 239 g/mol. The summed E-state index contributed by atoms with van der Waals surface area (Å²) in [5, 5.41) is 21.5. The third kappa shape index (κ3) is 4.90. The Morgan fingerprint density at radius 3 is 2.00 bits per heavy atom. The number of hydrogen-bond donors (Lipinski definition) is 3. The fraction of sp³-hybridized carbons (Fsp3) is 1.00. The zero-order valence-corrected chi connectivity index (χ0v) is 10.8. The maximum atomic E-state index is 12.6. The van der Waals surface area contributed by atoms with Gasteiger partial charge in [-0.15, -0.1) is 0 Å². The number of likely N-dealkylation sites (tertiary alicyclic amines) is 1. The summed E-state index contributed by atoms with van der Waals surface area (Å²) in [7, 11) is -2.17. The minimum absolute atomic E-state index is 0.0108. The maximum absolute atomic E-state index is 12.6. The molecule has 1 atom stereocenters. The second-order valence-corrected chi connectivity index (χ2v) is 3.76. The van der Waals surface area contributed by atoms with Crippen LogP contribution in [0.3, 0.4) is 0 Å². The van der Waals surface area contributed by atoms with Crippen molar-refractivity contribution < 1.29 is 28.2 Å². The molecule has 9 heteroatoms. The number of alkyl halides is 3. The Bertz CT molecular complexity index is 174. The summed E-state index contributed by atoms with van der Waals surface area (Å²) in [6.45, 7) is 0.218. The van der Waals surface area contributed by atoms with E-state index in [0.717, 1.165) is 4.90 Å². The van der Waals surface area contributed by atoms with Gasteiger partial charge in [0.15, 0.2) is 0 Å². The van der Waals surface area contributed by atoms with E-state index in [-0.39, 0.29) is 13.0 Å². The SMILES string of the molecule is FC1CCN([CH2][K])C1(F)F.OB(O)O. The van der Waals surface area contributed by atoms with Gasteiger partial charge in [0.05, 0.1) is 0 Å². The molecule has 14 heavy (non-hydrogen) atoms. The molecule has 1 saturated heterocycles. The Labute approximate surface area is 114 Å². The Kier molecular flexibility index (Phi) is 7.46. The zero-order chi connectivity index (χ0) is 11.4. The Hall–Kier alpha value is 1.33. The van der Waals surface area contributed by atoms with E-state index in [9.17, 15) is 13.2 Å². The van der Waals surface area contributed by atoms with Crippen LogP contribution < -0.4 is 0 Å². The average Bonchev–Trinajstić information content (AvgIpc) is 2.26. The van der Waals surface area contributed by atoms with Crippen LogP contribution >= 0.6 is 0 Å². The van der Waals surface area contributed by atoms with Crippen LogP contribution in [-0.4, -0.2) is 95.6 Å². The smallest absolute Gasteiger partial charge is 0.402 e. The predicted molar refractivity (Wildman–Crippen MR) is 44.2 cm³/mol. The van der Waals surface area contributed by atoms with E-state index in [4.69, 9.17) is 15.1 Å². The van der Waals surface area contributed by atoms with Crippen molar-refractivity contribution in [3.8, 4) is 0 Å². The summed E-state index contributed by atoms with van der Waals surface area (Å²) < 4.78 is 37.9. The van der Waals surface area contributed by atoms with E-state index in [2.05, 4.69) is 0 Å². The van der Waals surface area contributed by atoms with Crippen LogP contribution in [-0.2, 0) is 0 Å². The summed E-state index contributed by atoms with van der Waals surface area (Å²) in [5.41, 5.74) is 0. The summed E-state index contributed by atoms with van der Waals surface area (Å²) in [6, 6.07) is -3.17. The van der Waals surface area contributed by atoms with Gasteiger partial charge in [0.25, 0.3) is 0 Å². The first-order chi connectivity index (χ1) is 6.32. The first kappa shape index (κ1) is 15.3. The third-order valence-corrected chi connectivity index (χ3v) is 3.02. The molecule has 0 radical (unpaired) electrons. The van der Waals surface area contributed by atoms with E-state index in [1.165, 1.54) is 0 Å². The minimum Gasteiger partial charge on any atom is -0.402 e. The summed E-state index contributed by atoms with van der Waals surface area (Å²) in [6.07, 6.45) is -1.95. The van der Waals surface area contributed by atoms with E-state index in [1.807, 2.05) is 0 Å². The minimum atomic E-state index is -3.17. The Balaban J connectivity index is 0.000000364. The Morgan fingerprint density at radius 2 is 1.86 bits per heavy atom. The molecule has 1 unspecified atom stereocenters. The van der Waals surface area contributed by atoms with Crippen molar-refractivity contribution in [2.45, 2.75) is 18.6 Å². The van der Waals surface area contributed by atoms with Crippen LogP contribution in [0.5, 0.6) is 0 Å². The molecule has 4 nitrogen and oxygen atoms in total. The second-order valence-electron chi connectivity index (χ2n) is 2.77. The fourth-order valence-corrected chi connectivity index (χ4v) is 2.31. The molecule has 0 aromatic carbocycles. The fourth-order valence-electron chi connectivity index (χ4n) is 1.16. The van der Waals surface area contributed by atoms with Gasteiger partial charge in [-0.2, -0.15) is 0 Å². The van der Waals surface area contributed by atoms with Crippen LogP contribution in [0.1, 0.15) is 6.42 Å². The third-order valence-electron chi connectivity index (χ3n) is 1.83. The van der Waals surface area contributed by atoms with Gasteiger partial charge in [-0.1, -0.05) is 0 Å². The van der Waals surface area contributed by atoms with Gasteiger partial charge in [0, 0.05) is 0 Å². The first-order valence-corrected chi connectivity index (χ1v) is 6.34. The van der Waals surface area contributed by atoms with Gasteiger partial charge in [-0.3, -0.25) is 0 Å². The quantitative estimate of drug-likeness (QED) is 0.393. The largest absolute Gasteiger partial charge is 0.631 e. The molecule has 0 amide bonds. The van der Waals surface area contributed by atoms with Crippen LogP contribution in [0, 0.1) is 0 Å². The van der Waals surface area contributed by atoms with Gasteiger partial charge < -0.3 is 15.1 Å². The van der Waals surface area contributed by atoms with Gasteiger partial charge in [-0.05, 0) is 0 Å². The molecular weight excluding hydrogens is 229 g/mol. The molecule has 78 valence electrons. The van der Waals surface area contributed by atoms with E-state index < -0.39 is 19.5 Å². The number of nitrogens with zero attached hydrogens (tertiary/aromatic N) is 1. The molecule has 0 aromatic rings. The van der Waals surface area contributed by atoms with Crippen LogP contribution in [0.25, 0.3) is 0 Å². The molecule has 0 saturated carbocycles. The number of rotatable bonds is 1. The van der Waals surface area contributed by atoms with Crippen molar-refractivity contribution >= 4 is 56.3 Å². The van der Waals surface area contributed by atoms with Gasteiger partial charge in [0.2, 0.25) is 0 Å². The van der Waals surface area contributed by atoms with E-state index in [0.29, 0.717) is 49.6 Å². The van der Waals surface area contributed by atoms with E-state index >= 15 is 0 Å². The van der Waals surface area contributed by atoms with Crippen LogP contribution in [0.15, 0.2) is 0 Å². The summed E-state index contributed by atoms with van der Waals surface area (Å²) in [4.78, 5) is 0.942. The van der Waals surface area contributed by atoms with Crippen LogP contribution in [0.4, 0.5) is 13.2 Å².